The van der Waals surface area contributed by atoms with Crippen LogP contribution in [0.5, 0.6) is 0 Å². The van der Waals surface area contributed by atoms with Gasteiger partial charge in [0.1, 0.15) is 20.4 Å². The zero-order valence-corrected chi connectivity index (χ0v) is 58.0. The van der Waals surface area contributed by atoms with Crippen LogP contribution in [0.3, 0.4) is 0 Å². The lowest BCUT2D eigenvalue weighted by atomic mass is 9.93. The maximum atomic E-state index is 14.7. The molecule has 1 fully saturated rings. The van der Waals surface area contributed by atoms with Crippen molar-refractivity contribution in [2.45, 2.75) is 101 Å². The number of carbonyl (C=O) groups is 5. The molecule has 13 heterocycles. The number of rotatable bonds is 12. The number of aromatic nitrogens is 8. The molecule has 32 heteroatoms. The molecule has 94 heavy (non-hydrogen) atoms. The van der Waals surface area contributed by atoms with Gasteiger partial charge in [-0.1, -0.05) is 58.5 Å². The van der Waals surface area contributed by atoms with Gasteiger partial charge in [0.2, 0.25) is 0 Å². The van der Waals surface area contributed by atoms with Crippen molar-refractivity contribution in [3.8, 4) is 45.0 Å². The van der Waals surface area contributed by atoms with Gasteiger partial charge in [-0.25, -0.2) is 36.3 Å². The van der Waals surface area contributed by atoms with Gasteiger partial charge in [0.25, 0.3) is 11.8 Å². The van der Waals surface area contributed by atoms with E-state index < -0.39 is 30.2 Å². The first-order valence-corrected chi connectivity index (χ1v) is 36.2. The summed E-state index contributed by atoms with van der Waals surface area (Å²) in [6.45, 7) is 7.79. The molecule has 2 N–H and O–H groups in total. The lowest BCUT2D eigenvalue weighted by molar-refractivity contribution is -0.0128. The summed E-state index contributed by atoms with van der Waals surface area (Å²) in [6, 6.07) is 12.6. The Kier molecular flexibility index (Phi) is 21.4. The van der Waals surface area contributed by atoms with Gasteiger partial charge in [-0.3, -0.25) is 28.3 Å². The summed E-state index contributed by atoms with van der Waals surface area (Å²) < 4.78 is 93.0. The normalized spacial score (nSPS) is 16.1. The Labute approximate surface area is 579 Å². The molecule has 496 valence electrons. The van der Waals surface area contributed by atoms with E-state index >= 15 is 0 Å². The van der Waals surface area contributed by atoms with Crippen LogP contribution in [0.4, 0.5) is 22.0 Å². The topological polar surface area (TPSA) is 210 Å². The van der Waals surface area contributed by atoms with E-state index in [1.807, 2.05) is 41.2 Å². The highest BCUT2D eigenvalue weighted by atomic mass is 35.5. The molecular formula is C62H56Cl4F5N9O8S6. The van der Waals surface area contributed by atoms with Crippen LogP contribution in [0.1, 0.15) is 121 Å². The van der Waals surface area contributed by atoms with Crippen LogP contribution in [0.15, 0.2) is 73.3 Å². The van der Waals surface area contributed by atoms with Crippen molar-refractivity contribution in [1.29, 1.82) is 0 Å². The van der Waals surface area contributed by atoms with Crippen molar-refractivity contribution in [1.82, 2.24) is 39.1 Å². The summed E-state index contributed by atoms with van der Waals surface area (Å²) in [4.78, 5) is 63.8. The van der Waals surface area contributed by atoms with Gasteiger partial charge in [-0.15, -0.1) is 68.9 Å². The van der Waals surface area contributed by atoms with E-state index in [4.69, 9.17) is 66.3 Å². The fourth-order valence-corrected chi connectivity index (χ4v) is 20.2. The highest BCUT2D eigenvalue weighted by Crippen LogP contribution is 2.61. The van der Waals surface area contributed by atoms with Crippen LogP contribution < -0.4 is 5.73 Å². The molecule has 9 aromatic rings. The van der Waals surface area contributed by atoms with Crippen LogP contribution in [0, 0.1) is 11.7 Å². The number of Topliss-reactive ketones (excluding diaryl/α,β-unsaturated/α-hetero) is 2. The third kappa shape index (κ3) is 14.3. The molecule has 0 saturated carbocycles. The highest BCUT2D eigenvalue weighted by molar-refractivity contribution is 8.20. The molecule has 14 rings (SSSR count). The van der Waals surface area contributed by atoms with Crippen molar-refractivity contribution >= 4 is 145 Å². The fraction of sp³-hybridized carbons (Fsp3) is 0.371. The number of hydrogen-bond donors (Lipinski definition) is 1. The van der Waals surface area contributed by atoms with Crippen LogP contribution in [-0.4, -0.2) is 106 Å². The molecule has 5 aliphatic rings. The van der Waals surface area contributed by atoms with Crippen molar-refractivity contribution in [3.05, 3.63) is 144 Å². The van der Waals surface area contributed by atoms with Crippen molar-refractivity contribution in [2.24, 2.45) is 11.7 Å². The van der Waals surface area contributed by atoms with Crippen molar-refractivity contribution in [2.75, 3.05) is 37.9 Å². The second kappa shape index (κ2) is 29.0. The molecule has 1 atom stereocenters. The van der Waals surface area contributed by atoms with E-state index in [0.717, 1.165) is 75.3 Å². The van der Waals surface area contributed by atoms with Gasteiger partial charge in [-0.2, -0.15) is 20.4 Å². The third-order valence-electron chi connectivity index (χ3n) is 15.5. The molecule has 0 amide bonds. The lowest BCUT2D eigenvalue weighted by Gasteiger charge is -2.25. The number of halogens is 9. The number of thiophene rings is 4. The van der Waals surface area contributed by atoms with Gasteiger partial charge >= 0.3 is 17.9 Å². The first kappa shape index (κ1) is 69.4. The van der Waals surface area contributed by atoms with E-state index in [9.17, 15) is 45.9 Å². The molecule has 5 aliphatic heterocycles. The number of benzene rings is 1. The molecule has 17 nitrogen and oxygen atoms in total. The van der Waals surface area contributed by atoms with Crippen molar-refractivity contribution in [3.63, 3.8) is 0 Å². The second-order valence-corrected chi connectivity index (χ2v) is 30.6. The monoisotopic (exact) mass is 1480 g/mol. The van der Waals surface area contributed by atoms with E-state index in [2.05, 4.69) is 20.4 Å². The number of esters is 3. The first-order chi connectivity index (χ1) is 45.0. The zero-order chi connectivity index (χ0) is 67.0. The number of hydrogen-bond acceptors (Lipinski definition) is 19. The minimum atomic E-state index is -3.07. The molecule has 0 unspecified atom stereocenters. The third-order valence-corrected chi connectivity index (χ3v) is 25.4. The number of ether oxygens (including phenoxy) is 3. The first-order valence-electron chi connectivity index (χ1n) is 29.5. The number of ketones is 2. The number of aryl methyl sites for hydroxylation is 4. The van der Waals surface area contributed by atoms with E-state index in [-0.39, 0.29) is 108 Å². The van der Waals surface area contributed by atoms with Crippen molar-refractivity contribution < 1.29 is 60.1 Å². The summed E-state index contributed by atoms with van der Waals surface area (Å²) in [6.07, 6.45) is 7.15. The van der Waals surface area contributed by atoms with Crippen LogP contribution in [0.2, 0.25) is 20.1 Å². The SMILES string of the molecule is CCOC(=O)c1cc2c(s1)C(=O)CCn1ncc(Cl)c1-2.CCOC(=O)c1cc2c(s1)C(F)(F)CCn1ncc(Cl)c1-2.CCOC(=O)c1cc2c(s1)C1(CCn3ncc(Cl)c3-2)SCCS1.NC[C@@H](CC(=O)c1cc2c(s1)C(F)(F)CCn1ncc(Cl)c1-2)Cc1cccc(F)c1. The molecule has 1 spiro atoms. The average molecular weight is 1480 g/mol. The number of alkyl halides is 4. The average Bonchev–Trinajstić information content (AvgIpc) is 1.61. The van der Waals surface area contributed by atoms with Crippen LogP contribution >= 0.6 is 115 Å². The Morgan fingerprint density at radius 3 is 1.47 bits per heavy atom. The van der Waals surface area contributed by atoms with E-state index in [1.165, 1.54) is 50.9 Å². The molecule has 8 aromatic heterocycles. The standard InChI is InChI=1S/C21H19ClF3N3OS.C15H15ClN2O2S3.C13H11ClF2N2O2S.C13H11ClN2O3S/c22-16-11-27-28-5-4-21(24,25)20-15(19(16)28)9-18(30-20)17(29)8-13(10-26)6-12-2-1-3-14(23)7-12;1-2-20-14(19)11-7-9-12-10(16)8-17-18(12)4-3-15(13(9)23-11)21-5-6-22-15;1-2-20-12(19)9-5-7-10-8(14)6-17-18(10)4-3-13(15,16)11(7)21-9;1-2-19-13(18)10-5-7-11-8(14)6-15-16(11)4-3-9(17)12(7)20-10/h1-3,7,9,11,13H,4-6,8,10,26H2;7-8H,2-6H2,1H3;5-6H,2-4H2,1H3;5-6H,2-4H2,1H3/t13-;;;/m1.../s1. The van der Waals surface area contributed by atoms with E-state index in [1.54, 1.807) is 60.5 Å². The molecule has 0 bridgehead atoms. The minimum Gasteiger partial charge on any atom is -0.462 e. The van der Waals surface area contributed by atoms with Gasteiger partial charge in [0.05, 0.1) is 111 Å². The number of fused-ring (bicyclic) bond motifs is 13. The Bertz CT molecular complexity index is 4360. The largest absolute Gasteiger partial charge is 0.462 e. The molecule has 0 aliphatic carbocycles. The maximum Gasteiger partial charge on any atom is 0.348 e. The number of nitrogens with two attached hydrogens (primary N) is 1. The van der Waals surface area contributed by atoms with Gasteiger partial charge in [0.15, 0.2) is 11.6 Å². The Morgan fingerprint density at radius 1 is 0.574 bits per heavy atom. The quantitative estimate of drug-likeness (QED) is 0.0522. The summed E-state index contributed by atoms with van der Waals surface area (Å²) in [5.41, 5.74) is 11.2. The Morgan fingerprint density at radius 2 is 0.989 bits per heavy atom. The smallest absolute Gasteiger partial charge is 0.348 e. The molecular weight excluding hydrogens is 1430 g/mol. The predicted molar refractivity (Wildman–Crippen MR) is 359 cm³/mol. The summed E-state index contributed by atoms with van der Waals surface area (Å²) in [5.74, 6) is -5.95. The van der Waals surface area contributed by atoms with E-state index in [0.29, 0.717) is 84.9 Å². The van der Waals surface area contributed by atoms with Crippen LogP contribution in [-0.2, 0) is 62.7 Å². The summed E-state index contributed by atoms with van der Waals surface area (Å²) in [5, 5.41) is 18.4. The van der Waals surface area contributed by atoms with Gasteiger partial charge in [0, 0.05) is 90.5 Å². The minimum absolute atomic E-state index is 0.00196. The fourth-order valence-electron chi connectivity index (χ4n) is 11.3. The number of nitrogens with zero attached hydrogens (tertiary/aromatic N) is 8. The Balaban J connectivity index is 0.000000129. The summed E-state index contributed by atoms with van der Waals surface area (Å²) >= 11 is 33.0. The second-order valence-electron chi connectivity index (χ2n) is 21.7. The lowest BCUT2D eigenvalue weighted by Crippen LogP contribution is -2.20. The predicted octanol–water partition coefficient (Wildman–Crippen LogP) is 16.7. The number of thioether (sulfide) groups is 2. The number of carbonyl (C=O) groups excluding carboxylic acids is 5. The van der Waals surface area contributed by atoms with Crippen LogP contribution in [0.25, 0.3) is 45.0 Å². The molecule has 1 saturated heterocycles. The molecule has 0 radical (unpaired) electrons. The van der Waals surface area contributed by atoms with Gasteiger partial charge in [-0.05, 0) is 88.0 Å². The maximum absolute atomic E-state index is 14.7. The highest BCUT2D eigenvalue weighted by Gasteiger charge is 2.45. The molecule has 1 aromatic carbocycles. The summed E-state index contributed by atoms with van der Waals surface area (Å²) in [7, 11) is 0. The zero-order valence-electron chi connectivity index (χ0n) is 50.1. The van der Waals surface area contributed by atoms with Gasteiger partial charge < -0.3 is 19.9 Å². The Hall–Kier alpha value is -5.92.